The molecule has 0 aliphatic heterocycles. The molecule has 0 aliphatic carbocycles. The summed E-state index contributed by atoms with van der Waals surface area (Å²) in [5.41, 5.74) is 3.09. The fraction of sp³-hybridized carbons (Fsp3) is 0.273. The molecule has 1 amide bonds. The van der Waals surface area contributed by atoms with Crippen LogP contribution in [0.3, 0.4) is 0 Å². The van der Waals surface area contributed by atoms with Crippen LogP contribution in [0.25, 0.3) is 11.4 Å². The number of carbonyl (C=O) groups excluding carboxylic acids is 2. The quantitative estimate of drug-likeness (QED) is 0.431. The molecule has 30 heavy (non-hydrogen) atoms. The summed E-state index contributed by atoms with van der Waals surface area (Å²) in [6, 6.07) is 14.8. The predicted octanol–water partition coefficient (Wildman–Crippen LogP) is 4.18. The van der Waals surface area contributed by atoms with Crippen molar-refractivity contribution in [2.75, 3.05) is 17.7 Å². The van der Waals surface area contributed by atoms with E-state index in [1.807, 2.05) is 36.6 Å². The minimum Gasteiger partial charge on any atom is -0.462 e. The summed E-state index contributed by atoms with van der Waals surface area (Å²) < 4.78 is 6.99. The fourth-order valence-corrected chi connectivity index (χ4v) is 3.75. The second kappa shape index (κ2) is 10.1. The molecule has 0 atom stereocenters. The number of carbonyl (C=O) groups is 2. The molecule has 0 fully saturated rings. The molecule has 156 valence electrons. The number of ether oxygens (including phenoxy) is 1. The Morgan fingerprint density at radius 3 is 2.63 bits per heavy atom. The predicted molar refractivity (Wildman–Crippen MR) is 118 cm³/mol. The van der Waals surface area contributed by atoms with Crippen LogP contribution in [0.1, 0.15) is 29.8 Å². The third-order valence-electron chi connectivity index (χ3n) is 4.30. The number of nitrogens with zero attached hydrogens (tertiary/aromatic N) is 3. The second-order valence-corrected chi connectivity index (χ2v) is 7.50. The van der Waals surface area contributed by atoms with E-state index in [0.717, 1.165) is 17.0 Å². The third-order valence-corrected chi connectivity index (χ3v) is 5.27. The lowest BCUT2D eigenvalue weighted by atomic mass is 10.1. The van der Waals surface area contributed by atoms with E-state index in [4.69, 9.17) is 4.74 Å². The maximum absolute atomic E-state index is 12.4. The molecule has 2 aromatic carbocycles. The van der Waals surface area contributed by atoms with E-state index >= 15 is 0 Å². The molecule has 0 unspecified atom stereocenters. The number of rotatable bonds is 8. The lowest BCUT2D eigenvalue weighted by Crippen LogP contribution is -2.15. The zero-order chi connectivity index (χ0) is 21.5. The highest BCUT2D eigenvalue weighted by Crippen LogP contribution is 2.24. The van der Waals surface area contributed by atoms with Gasteiger partial charge in [-0.15, -0.1) is 10.2 Å². The van der Waals surface area contributed by atoms with E-state index in [-0.39, 0.29) is 11.7 Å². The minimum absolute atomic E-state index is 0.176. The van der Waals surface area contributed by atoms with Gasteiger partial charge < -0.3 is 14.6 Å². The largest absolute Gasteiger partial charge is 0.462 e. The molecule has 7 nitrogen and oxygen atoms in total. The molecule has 3 aromatic rings. The number of amides is 1. The van der Waals surface area contributed by atoms with E-state index in [1.165, 1.54) is 11.8 Å². The Kier molecular flexibility index (Phi) is 7.24. The zero-order valence-electron chi connectivity index (χ0n) is 17.2. The summed E-state index contributed by atoms with van der Waals surface area (Å²) in [6.07, 6.45) is 0. The topological polar surface area (TPSA) is 86.1 Å². The van der Waals surface area contributed by atoms with Gasteiger partial charge in [0.15, 0.2) is 11.0 Å². The summed E-state index contributed by atoms with van der Waals surface area (Å²) >= 11 is 1.32. The Bertz CT molecular complexity index is 1050. The minimum atomic E-state index is -0.414. The van der Waals surface area contributed by atoms with Gasteiger partial charge in [-0.05, 0) is 45.0 Å². The Morgan fingerprint density at radius 2 is 1.90 bits per heavy atom. The van der Waals surface area contributed by atoms with E-state index < -0.39 is 5.97 Å². The zero-order valence-corrected chi connectivity index (χ0v) is 18.0. The summed E-state index contributed by atoms with van der Waals surface area (Å²) in [6.45, 7) is 6.80. The number of aryl methyl sites for hydroxylation is 1. The molecule has 0 aliphatic rings. The molecule has 0 radical (unpaired) electrons. The number of nitrogens with one attached hydrogen (secondary N) is 1. The number of esters is 1. The first-order valence-corrected chi connectivity index (χ1v) is 10.7. The number of benzene rings is 2. The van der Waals surface area contributed by atoms with Gasteiger partial charge in [0, 0.05) is 17.8 Å². The van der Waals surface area contributed by atoms with E-state index in [1.54, 1.807) is 31.2 Å². The Balaban J connectivity index is 1.65. The maximum atomic E-state index is 12.4. The van der Waals surface area contributed by atoms with Crippen LogP contribution in [-0.4, -0.2) is 39.0 Å². The average Bonchev–Trinajstić information content (AvgIpc) is 3.15. The van der Waals surface area contributed by atoms with Gasteiger partial charge in [0.1, 0.15) is 0 Å². The lowest BCUT2D eigenvalue weighted by Gasteiger charge is -2.09. The average molecular weight is 425 g/mol. The van der Waals surface area contributed by atoms with Crippen LogP contribution in [0, 0.1) is 6.92 Å². The van der Waals surface area contributed by atoms with Gasteiger partial charge in [0.05, 0.1) is 17.9 Å². The van der Waals surface area contributed by atoms with Crippen LogP contribution in [0.5, 0.6) is 0 Å². The van der Waals surface area contributed by atoms with Crippen molar-refractivity contribution in [1.29, 1.82) is 0 Å². The molecule has 0 bridgehead atoms. The standard InChI is InChI=1S/C22H24N4O3S/c1-4-26-20(16-9-6-8-15(3)12-16)24-25-22(26)30-14-19(27)23-18-11-7-10-17(13-18)21(28)29-5-2/h6-13H,4-5,14H2,1-3H3,(H,23,27). The van der Waals surface area contributed by atoms with E-state index in [0.29, 0.717) is 29.6 Å². The number of hydrogen-bond acceptors (Lipinski definition) is 6. The van der Waals surface area contributed by atoms with Crippen molar-refractivity contribution in [1.82, 2.24) is 14.8 Å². The van der Waals surface area contributed by atoms with Gasteiger partial charge in [0.25, 0.3) is 0 Å². The van der Waals surface area contributed by atoms with Crippen molar-refractivity contribution in [3.05, 3.63) is 59.7 Å². The van der Waals surface area contributed by atoms with Crippen molar-refractivity contribution in [2.45, 2.75) is 32.5 Å². The molecule has 3 rings (SSSR count). The molecule has 1 N–H and O–H groups in total. The van der Waals surface area contributed by atoms with Crippen LogP contribution >= 0.6 is 11.8 Å². The van der Waals surface area contributed by atoms with Crippen molar-refractivity contribution in [3.63, 3.8) is 0 Å². The van der Waals surface area contributed by atoms with Gasteiger partial charge in [-0.1, -0.05) is 41.6 Å². The number of anilines is 1. The highest BCUT2D eigenvalue weighted by molar-refractivity contribution is 7.99. The molecule has 0 saturated carbocycles. The highest BCUT2D eigenvalue weighted by Gasteiger charge is 2.15. The summed E-state index contributed by atoms with van der Waals surface area (Å²) in [5.74, 6) is 0.355. The van der Waals surface area contributed by atoms with Gasteiger partial charge in [-0.3, -0.25) is 4.79 Å². The first-order chi connectivity index (χ1) is 14.5. The molecular formula is C22H24N4O3S. The van der Waals surface area contributed by atoms with Gasteiger partial charge >= 0.3 is 5.97 Å². The van der Waals surface area contributed by atoms with E-state index in [2.05, 4.69) is 21.6 Å². The molecule has 8 heteroatoms. The van der Waals surface area contributed by atoms with Crippen molar-refractivity contribution >= 4 is 29.3 Å². The lowest BCUT2D eigenvalue weighted by molar-refractivity contribution is -0.113. The summed E-state index contributed by atoms with van der Waals surface area (Å²) in [4.78, 5) is 24.3. The fourth-order valence-electron chi connectivity index (χ4n) is 2.94. The molecular weight excluding hydrogens is 400 g/mol. The monoisotopic (exact) mass is 424 g/mol. The Morgan fingerprint density at radius 1 is 1.10 bits per heavy atom. The number of hydrogen-bond donors (Lipinski definition) is 1. The van der Waals surface area contributed by atoms with Gasteiger partial charge in [0.2, 0.25) is 5.91 Å². The van der Waals surface area contributed by atoms with Crippen molar-refractivity contribution < 1.29 is 14.3 Å². The van der Waals surface area contributed by atoms with Crippen molar-refractivity contribution in [3.8, 4) is 11.4 Å². The summed E-state index contributed by atoms with van der Waals surface area (Å²) in [7, 11) is 0. The Labute approximate surface area is 179 Å². The van der Waals surface area contributed by atoms with Crippen LogP contribution < -0.4 is 5.32 Å². The number of thioether (sulfide) groups is 1. The molecule has 0 saturated heterocycles. The maximum Gasteiger partial charge on any atom is 0.338 e. The number of aromatic nitrogens is 3. The SMILES string of the molecule is CCOC(=O)c1cccc(NC(=O)CSc2nnc(-c3cccc(C)c3)n2CC)c1. The van der Waals surface area contributed by atoms with Gasteiger partial charge in [-0.2, -0.15) is 0 Å². The Hall–Kier alpha value is -3.13. The van der Waals surface area contributed by atoms with Crippen molar-refractivity contribution in [2.24, 2.45) is 0 Å². The molecule has 0 spiro atoms. The van der Waals surface area contributed by atoms with Crippen LogP contribution in [0.4, 0.5) is 5.69 Å². The van der Waals surface area contributed by atoms with Crippen LogP contribution in [0.15, 0.2) is 53.7 Å². The normalized spacial score (nSPS) is 10.6. The van der Waals surface area contributed by atoms with E-state index in [9.17, 15) is 9.59 Å². The summed E-state index contributed by atoms with van der Waals surface area (Å²) in [5, 5.41) is 12.1. The second-order valence-electron chi connectivity index (χ2n) is 6.56. The first-order valence-electron chi connectivity index (χ1n) is 9.72. The molecule has 1 aromatic heterocycles. The van der Waals surface area contributed by atoms with Gasteiger partial charge in [-0.25, -0.2) is 4.79 Å². The van der Waals surface area contributed by atoms with Crippen LogP contribution in [0.2, 0.25) is 0 Å². The van der Waals surface area contributed by atoms with Crippen LogP contribution in [-0.2, 0) is 16.1 Å². The first kappa shape index (κ1) is 21.6. The third kappa shape index (κ3) is 5.27. The smallest absolute Gasteiger partial charge is 0.338 e. The highest BCUT2D eigenvalue weighted by atomic mass is 32.2. The molecule has 1 heterocycles.